The van der Waals surface area contributed by atoms with Gasteiger partial charge in [0.05, 0.1) is 0 Å². The smallest absolute Gasteiger partial charge is 0.298 e. The quantitative estimate of drug-likeness (QED) is 0.657. The van der Waals surface area contributed by atoms with Crippen molar-refractivity contribution in [2.75, 3.05) is 44.0 Å². The number of hydrogen-bond acceptors (Lipinski definition) is 6. The van der Waals surface area contributed by atoms with Crippen LogP contribution in [0.5, 0.6) is 5.75 Å². The molecule has 0 spiro atoms. The first-order valence-electron chi connectivity index (χ1n) is 10.3. The van der Waals surface area contributed by atoms with Crippen LogP contribution in [0.1, 0.15) is 12.8 Å². The molecular weight excluding hydrogens is 396 g/mol. The van der Waals surface area contributed by atoms with E-state index < -0.39 is 0 Å². The Morgan fingerprint density at radius 2 is 1.84 bits per heavy atom. The Morgan fingerprint density at radius 3 is 2.52 bits per heavy atom. The number of ether oxygens (including phenoxy) is 1. The summed E-state index contributed by atoms with van der Waals surface area (Å²) in [6.07, 6.45) is 1.47. The van der Waals surface area contributed by atoms with E-state index in [1.54, 1.807) is 38.4 Å². The summed E-state index contributed by atoms with van der Waals surface area (Å²) in [7, 11) is 3.37. The second kappa shape index (κ2) is 9.07. The summed E-state index contributed by atoms with van der Waals surface area (Å²) in [6.45, 7) is 1.42. The predicted octanol–water partition coefficient (Wildman–Crippen LogP) is 3.15. The lowest BCUT2D eigenvalue weighted by molar-refractivity contribution is -0.130. The standard InChI is InChI=1S/C23H26N4O4/c1-26(2)21(28)15-30-18-9-7-17(8-10-18)24-22(29)16-11-13-27(14-12-16)23-25-19-5-3-4-6-20(19)31-23/h3-10,16H,11-15H2,1-2H3,(H,24,29). The molecule has 162 valence electrons. The van der Waals surface area contributed by atoms with Crippen LogP contribution in [-0.4, -0.2) is 55.5 Å². The van der Waals surface area contributed by atoms with E-state index in [0.717, 1.165) is 37.0 Å². The highest BCUT2D eigenvalue weighted by Gasteiger charge is 2.27. The molecule has 1 saturated heterocycles. The first-order valence-corrected chi connectivity index (χ1v) is 10.3. The normalized spacial score (nSPS) is 14.5. The highest BCUT2D eigenvalue weighted by Crippen LogP contribution is 2.27. The van der Waals surface area contributed by atoms with Crippen LogP contribution < -0.4 is 15.0 Å². The van der Waals surface area contributed by atoms with Crippen LogP contribution in [0.3, 0.4) is 0 Å². The predicted molar refractivity (Wildman–Crippen MR) is 118 cm³/mol. The Balaban J connectivity index is 1.27. The minimum Gasteiger partial charge on any atom is -0.484 e. The maximum atomic E-state index is 12.7. The molecule has 8 heteroatoms. The number of amides is 2. The average Bonchev–Trinajstić information content (AvgIpc) is 3.23. The van der Waals surface area contributed by atoms with Crippen molar-refractivity contribution >= 4 is 34.6 Å². The van der Waals surface area contributed by atoms with Gasteiger partial charge in [0.1, 0.15) is 11.3 Å². The van der Waals surface area contributed by atoms with Crippen molar-refractivity contribution in [3.05, 3.63) is 48.5 Å². The molecule has 8 nitrogen and oxygen atoms in total. The Bertz CT molecular complexity index is 1020. The van der Waals surface area contributed by atoms with E-state index in [0.29, 0.717) is 17.5 Å². The van der Waals surface area contributed by atoms with Gasteiger partial charge in [-0.25, -0.2) is 0 Å². The molecule has 2 amide bonds. The number of hydrogen-bond donors (Lipinski definition) is 1. The summed E-state index contributed by atoms with van der Waals surface area (Å²) in [6, 6.07) is 15.4. The number of piperidine rings is 1. The van der Waals surface area contributed by atoms with E-state index >= 15 is 0 Å². The molecule has 3 aromatic rings. The third-order valence-corrected chi connectivity index (χ3v) is 5.40. The summed E-state index contributed by atoms with van der Waals surface area (Å²) in [4.78, 5) is 32.4. The van der Waals surface area contributed by atoms with E-state index in [9.17, 15) is 9.59 Å². The Morgan fingerprint density at radius 1 is 1.13 bits per heavy atom. The maximum absolute atomic E-state index is 12.7. The minimum atomic E-state index is -0.110. The summed E-state index contributed by atoms with van der Waals surface area (Å²) >= 11 is 0. The monoisotopic (exact) mass is 422 g/mol. The van der Waals surface area contributed by atoms with E-state index in [-0.39, 0.29) is 24.3 Å². The van der Waals surface area contributed by atoms with E-state index in [1.165, 1.54) is 4.90 Å². The summed E-state index contributed by atoms with van der Waals surface area (Å²) in [5, 5.41) is 2.97. The molecule has 0 aliphatic carbocycles. The Labute approximate surface area is 180 Å². The number of benzene rings is 2. The number of likely N-dealkylation sites (N-methyl/N-ethyl adjacent to an activating group) is 1. The molecule has 2 aromatic carbocycles. The van der Waals surface area contributed by atoms with Gasteiger partial charge >= 0.3 is 0 Å². The molecular formula is C23H26N4O4. The topological polar surface area (TPSA) is 87.9 Å². The lowest BCUT2D eigenvalue weighted by Crippen LogP contribution is -2.38. The van der Waals surface area contributed by atoms with Crippen molar-refractivity contribution < 1.29 is 18.7 Å². The number of oxazole rings is 1. The van der Waals surface area contributed by atoms with Crippen molar-refractivity contribution in [2.24, 2.45) is 5.92 Å². The lowest BCUT2D eigenvalue weighted by atomic mass is 9.96. The largest absolute Gasteiger partial charge is 0.484 e. The maximum Gasteiger partial charge on any atom is 0.298 e. The van der Waals surface area contributed by atoms with Gasteiger partial charge in [-0.2, -0.15) is 4.98 Å². The van der Waals surface area contributed by atoms with Crippen LogP contribution in [-0.2, 0) is 9.59 Å². The van der Waals surface area contributed by atoms with Crippen molar-refractivity contribution in [2.45, 2.75) is 12.8 Å². The van der Waals surface area contributed by atoms with Gasteiger partial charge in [0.25, 0.3) is 11.9 Å². The van der Waals surface area contributed by atoms with Crippen molar-refractivity contribution in [1.82, 2.24) is 9.88 Å². The van der Waals surface area contributed by atoms with Gasteiger partial charge in [-0.15, -0.1) is 0 Å². The summed E-state index contributed by atoms with van der Waals surface area (Å²) < 4.78 is 11.3. The molecule has 31 heavy (non-hydrogen) atoms. The lowest BCUT2D eigenvalue weighted by Gasteiger charge is -2.30. The molecule has 1 aromatic heterocycles. The highest BCUT2D eigenvalue weighted by molar-refractivity contribution is 5.92. The van der Waals surface area contributed by atoms with Crippen LogP contribution in [0.2, 0.25) is 0 Å². The zero-order valence-electron chi connectivity index (χ0n) is 17.7. The second-order valence-electron chi connectivity index (χ2n) is 7.82. The second-order valence-corrected chi connectivity index (χ2v) is 7.82. The van der Waals surface area contributed by atoms with Crippen LogP contribution in [0.15, 0.2) is 52.9 Å². The minimum absolute atomic E-state index is 0.00803. The van der Waals surface area contributed by atoms with Gasteiger partial charge in [0.2, 0.25) is 5.91 Å². The molecule has 4 rings (SSSR count). The van der Waals surface area contributed by atoms with Crippen molar-refractivity contribution in [3.8, 4) is 5.75 Å². The fraction of sp³-hybridized carbons (Fsp3) is 0.348. The van der Waals surface area contributed by atoms with Gasteiger partial charge in [-0.1, -0.05) is 12.1 Å². The van der Waals surface area contributed by atoms with Gasteiger partial charge < -0.3 is 24.3 Å². The third-order valence-electron chi connectivity index (χ3n) is 5.40. The molecule has 1 N–H and O–H groups in total. The SMILES string of the molecule is CN(C)C(=O)COc1ccc(NC(=O)C2CCN(c3nc4ccccc4o3)CC2)cc1. The van der Waals surface area contributed by atoms with Crippen LogP contribution in [0.4, 0.5) is 11.7 Å². The highest BCUT2D eigenvalue weighted by atomic mass is 16.5. The number of aromatic nitrogens is 1. The van der Waals surface area contributed by atoms with Crippen molar-refractivity contribution in [1.29, 1.82) is 0 Å². The van der Waals surface area contributed by atoms with Gasteiger partial charge in [-0.05, 0) is 49.2 Å². The molecule has 0 radical (unpaired) electrons. The molecule has 0 unspecified atom stereocenters. The number of para-hydroxylation sites is 2. The average molecular weight is 422 g/mol. The molecule has 1 aliphatic rings. The number of anilines is 2. The van der Waals surface area contributed by atoms with Crippen LogP contribution >= 0.6 is 0 Å². The van der Waals surface area contributed by atoms with E-state index in [1.807, 2.05) is 24.3 Å². The van der Waals surface area contributed by atoms with Crippen LogP contribution in [0, 0.1) is 5.92 Å². The molecule has 0 bridgehead atoms. The third kappa shape index (κ3) is 4.96. The summed E-state index contributed by atoms with van der Waals surface area (Å²) in [5.74, 6) is 0.421. The zero-order chi connectivity index (χ0) is 21.8. The number of nitrogens with zero attached hydrogens (tertiary/aromatic N) is 3. The number of nitrogens with one attached hydrogen (secondary N) is 1. The van der Waals surface area contributed by atoms with E-state index in [2.05, 4.69) is 15.2 Å². The number of rotatable bonds is 6. The first kappa shape index (κ1) is 20.7. The summed E-state index contributed by atoms with van der Waals surface area (Å²) in [5.41, 5.74) is 2.32. The van der Waals surface area contributed by atoms with Crippen molar-refractivity contribution in [3.63, 3.8) is 0 Å². The zero-order valence-corrected chi connectivity index (χ0v) is 17.7. The number of fused-ring (bicyclic) bond motifs is 1. The number of carbonyl (C=O) groups is 2. The molecule has 2 heterocycles. The molecule has 1 fully saturated rings. The first-order chi connectivity index (χ1) is 15.0. The van der Waals surface area contributed by atoms with Crippen LogP contribution in [0.25, 0.3) is 11.1 Å². The Hall–Kier alpha value is -3.55. The fourth-order valence-electron chi connectivity index (χ4n) is 3.48. The van der Waals surface area contributed by atoms with Gasteiger partial charge in [-0.3, -0.25) is 9.59 Å². The van der Waals surface area contributed by atoms with E-state index in [4.69, 9.17) is 9.15 Å². The fourth-order valence-corrected chi connectivity index (χ4v) is 3.48. The Kier molecular flexibility index (Phi) is 6.06. The van der Waals surface area contributed by atoms with Gasteiger partial charge in [0, 0.05) is 38.8 Å². The number of carbonyl (C=O) groups excluding carboxylic acids is 2. The molecule has 1 aliphatic heterocycles. The molecule has 0 atom stereocenters. The van der Waals surface area contributed by atoms with Gasteiger partial charge in [0.15, 0.2) is 12.2 Å². The molecule has 0 saturated carbocycles.